The smallest absolute Gasteiger partial charge is 0.119 e. The molecule has 1 saturated heterocycles. The summed E-state index contributed by atoms with van der Waals surface area (Å²) in [6.45, 7) is 5.32. The number of hydrogen-bond acceptors (Lipinski definition) is 4. The molecular formula is C15H23NO3. The summed E-state index contributed by atoms with van der Waals surface area (Å²) >= 11 is 0. The van der Waals surface area contributed by atoms with Crippen LogP contribution < -0.4 is 4.74 Å². The van der Waals surface area contributed by atoms with Crippen LogP contribution in [0.5, 0.6) is 5.75 Å². The van der Waals surface area contributed by atoms with E-state index in [0.29, 0.717) is 12.6 Å². The number of rotatable bonds is 5. The van der Waals surface area contributed by atoms with Gasteiger partial charge in [-0.2, -0.15) is 0 Å². The van der Waals surface area contributed by atoms with Crippen LogP contribution in [0.3, 0.4) is 0 Å². The van der Waals surface area contributed by atoms with E-state index >= 15 is 0 Å². The summed E-state index contributed by atoms with van der Waals surface area (Å²) in [5.74, 6) is 0.782. The molecule has 2 unspecified atom stereocenters. The van der Waals surface area contributed by atoms with Crippen molar-refractivity contribution >= 4 is 0 Å². The zero-order valence-corrected chi connectivity index (χ0v) is 11.7. The van der Waals surface area contributed by atoms with Crippen LogP contribution >= 0.6 is 0 Å². The first-order valence-electron chi connectivity index (χ1n) is 6.89. The number of β-amino-alcohol motifs (C(OH)–C–C–N with tert-alkyl or cyclic N) is 1. The number of benzene rings is 1. The minimum atomic E-state index is -0.481. The average Bonchev–Trinajstić information content (AvgIpc) is 2.47. The Morgan fingerprint density at radius 1 is 1.53 bits per heavy atom. The topological polar surface area (TPSA) is 41.9 Å². The van der Waals surface area contributed by atoms with E-state index in [4.69, 9.17) is 9.47 Å². The Morgan fingerprint density at radius 3 is 3.11 bits per heavy atom. The van der Waals surface area contributed by atoms with Crippen LogP contribution in [0.4, 0.5) is 0 Å². The Labute approximate surface area is 114 Å². The van der Waals surface area contributed by atoms with Gasteiger partial charge in [0, 0.05) is 19.6 Å². The highest BCUT2D eigenvalue weighted by molar-refractivity contribution is 5.29. The molecule has 0 aromatic heterocycles. The molecule has 0 bridgehead atoms. The van der Waals surface area contributed by atoms with Crippen LogP contribution in [0.1, 0.15) is 25.0 Å². The first-order valence-corrected chi connectivity index (χ1v) is 6.89. The summed E-state index contributed by atoms with van der Waals surface area (Å²) in [4.78, 5) is 2.27. The van der Waals surface area contributed by atoms with Crippen LogP contribution in [0.15, 0.2) is 24.3 Å². The van der Waals surface area contributed by atoms with E-state index in [1.54, 1.807) is 7.11 Å². The first-order chi connectivity index (χ1) is 9.22. The number of methoxy groups -OCH3 is 1. The zero-order chi connectivity index (χ0) is 13.7. The van der Waals surface area contributed by atoms with Crippen LogP contribution in [0, 0.1) is 0 Å². The van der Waals surface area contributed by atoms with Gasteiger partial charge in [0.25, 0.3) is 0 Å². The molecule has 4 nitrogen and oxygen atoms in total. The molecule has 4 heteroatoms. The van der Waals surface area contributed by atoms with Gasteiger partial charge in [0.2, 0.25) is 0 Å². The molecule has 1 aromatic carbocycles. The van der Waals surface area contributed by atoms with Crippen LogP contribution in [-0.4, -0.2) is 49.5 Å². The summed E-state index contributed by atoms with van der Waals surface area (Å²) in [5.41, 5.74) is 0.902. The standard InChI is InChI=1S/C15H23NO3/c1-3-13-10-16(7-8-19-13)11-15(17)12-5-4-6-14(9-12)18-2/h4-6,9,13,15,17H,3,7-8,10-11H2,1-2H3. The molecule has 2 rings (SSSR count). The Kier molecular flexibility index (Phi) is 5.19. The molecule has 1 aliphatic heterocycles. The number of aliphatic hydroxyl groups excluding tert-OH is 1. The van der Waals surface area contributed by atoms with E-state index in [1.165, 1.54) is 0 Å². The molecular weight excluding hydrogens is 242 g/mol. The summed E-state index contributed by atoms with van der Waals surface area (Å²) in [6, 6.07) is 7.62. The molecule has 106 valence electrons. The number of nitrogens with zero attached hydrogens (tertiary/aromatic N) is 1. The van der Waals surface area contributed by atoms with Gasteiger partial charge in [-0.15, -0.1) is 0 Å². The monoisotopic (exact) mass is 265 g/mol. The highest BCUT2D eigenvalue weighted by Gasteiger charge is 2.21. The van der Waals surface area contributed by atoms with E-state index in [1.807, 2.05) is 24.3 Å². The van der Waals surface area contributed by atoms with Crippen molar-refractivity contribution in [3.05, 3.63) is 29.8 Å². The van der Waals surface area contributed by atoms with Crippen molar-refractivity contribution in [2.24, 2.45) is 0 Å². The van der Waals surface area contributed by atoms with Crippen molar-refractivity contribution in [1.82, 2.24) is 4.90 Å². The van der Waals surface area contributed by atoms with Crippen molar-refractivity contribution in [3.8, 4) is 5.75 Å². The average molecular weight is 265 g/mol. The first kappa shape index (κ1) is 14.3. The maximum absolute atomic E-state index is 10.3. The highest BCUT2D eigenvalue weighted by atomic mass is 16.5. The number of morpholine rings is 1. The third kappa shape index (κ3) is 3.93. The second-order valence-electron chi connectivity index (χ2n) is 4.95. The van der Waals surface area contributed by atoms with E-state index < -0.39 is 6.10 Å². The third-order valence-electron chi connectivity index (χ3n) is 3.59. The predicted octanol–water partition coefficient (Wildman–Crippen LogP) is 1.84. The Balaban J connectivity index is 1.94. The summed E-state index contributed by atoms with van der Waals surface area (Å²) in [5, 5.41) is 10.3. The molecule has 1 N–H and O–H groups in total. The fourth-order valence-corrected chi connectivity index (χ4v) is 2.39. The zero-order valence-electron chi connectivity index (χ0n) is 11.7. The molecule has 2 atom stereocenters. The lowest BCUT2D eigenvalue weighted by Crippen LogP contribution is -2.43. The van der Waals surface area contributed by atoms with Crippen molar-refractivity contribution < 1.29 is 14.6 Å². The van der Waals surface area contributed by atoms with Crippen LogP contribution in [0.2, 0.25) is 0 Å². The second-order valence-corrected chi connectivity index (χ2v) is 4.95. The molecule has 1 aliphatic rings. The maximum Gasteiger partial charge on any atom is 0.119 e. The van der Waals surface area contributed by atoms with Gasteiger partial charge in [-0.25, -0.2) is 0 Å². The molecule has 0 aliphatic carbocycles. The van der Waals surface area contributed by atoms with Gasteiger partial charge >= 0.3 is 0 Å². The van der Waals surface area contributed by atoms with Gasteiger partial charge in [0.05, 0.1) is 25.9 Å². The summed E-state index contributed by atoms with van der Waals surface area (Å²) in [6.07, 6.45) is 0.836. The van der Waals surface area contributed by atoms with E-state index in [-0.39, 0.29) is 0 Å². The molecule has 1 aromatic rings. The van der Waals surface area contributed by atoms with Gasteiger partial charge in [0.1, 0.15) is 5.75 Å². The largest absolute Gasteiger partial charge is 0.497 e. The lowest BCUT2D eigenvalue weighted by atomic mass is 10.1. The predicted molar refractivity (Wildman–Crippen MR) is 74.4 cm³/mol. The minimum absolute atomic E-state index is 0.297. The Bertz CT molecular complexity index is 397. The van der Waals surface area contributed by atoms with E-state index in [9.17, 15) is 5.11 Å². The summed E-state index contributed by atoms with van der Waals surface area (Å²) in [7, 11) is 1.64. The van der Waals surface area contributed by atoms with Crippen LogP contribution in [0.25, 0.3) is 0 Å². The minimum Gasteiger partial charge on any atom is -0.497 e. The molecule has 0 saturated carbocycles. The fourth-order valence-electron chi connectivity index (χ4n) is 2.39. The Morgan fingerprint density at radius 2 is 2.37 bits per heavy atom. The highest BCUT2D eigenvalue weighted by Crippen LogP contribution is 2.21. The van der Waals surface area contributed by atoms with Crippen molar-refractivity contribution in [2.75, 3.05) is 33.4 Å². The lowest BCUT2D eigenvalue weighted by molar-refractivity contribution is -0.0418. The number of hydrogen-bond donors (Lipinski definition) is 1. The second kappa shape index (κ2) is 6.89. The fraction of sp³-hybridized carbons (Fsp3) is 0.600. The van der Waals surface area contributed by atoms with Crippen molar-refractivity contribution in [1.29, 1.82) is 0 Å². The molecule has 0 radical (unpaired) electrons. The number of aliphatic hydroxyl groups is 1. The van der Waals surface area contributed by atoms with Gasteiger partial charge < -0.3 is 14.6 Å². The molecule has 0 spiro atoms. The quantitative estimate of drug-likeness (QED) is 0.882. The molecule has 1 heterocycles. The van der Waals surface area contributed by atoms with E-state index in [2.05, 4.69) is 11.8 Å². The summed E-state index contributed by atoms with van der Waals surface area (Å²) < 4.78 is 10.8. The molecule has 19 heavy (non-hydrogen) atoms. The number of ether oxygens (including phenoxy) is 2. The van der Waals surface area contributed by atoms with Gasteiger partial charge in [-0.1, -0.05) is 19.1 Å². The van der Waals surface area contributed by atoms with Gasteiger partial charge in [-0.05, 0) is 24.1 Å². The maximum atomic E-state index is 10.3. The SMILES string of the molecule is CCC1CN(CC(O)c2cccc(OC)c2)CCO1. The van der Waals surface area contributed by atoms with Crippen molar-refractivity contribution in [3.63, 3.8) is 0 Å². The van der Waals surface area contributed by atoms with E-state index in [0.717, 1.165) is 37.4 Å². The molecule has 1 fully saturated rings. The van der Waals surface area contributed by atoms with Gasteiger partial charge in [-0.3, -0.25) is 4.90 Å². The van der Waals surface area contributed by atoms with Crippen molar-refractivity contribution in [2.45, 2.75) is 25.6 Å². The third-order valence-corrected chi connectivity index (χ3v) is 3.59. The Hall–Kier alpha value is -1.10. The lowest BCUT2D eigenvalue weighted by Gasteiger charge is -2.33. The normalized spacial score (nSPS) is 22.2. The molecule has 0 amide bonds. The van der Waals surface area contributed by atoms with Gasteiger partial charge in [0.15, 0.2) is 0 Å². The van der Waals surface area contributed by atoms with Crippen LogP contribution in [-0.2, 0) is 4.74 Å².